The Hall–Kier alpha value is -6.59. The standard InChI is InChI=1S/C28H29NO.C21H23NO2.C8H8/c1-22-17-26(18-23-11-5-2-6-12-23)20-27(19-24-13-7-3-8-14-24)29(22)28(30)21-25-15-9-4-10-16-25;1-16-12-20(23)15-19(13-17-8-4-2-5-9-17)22(16)21(24)14-18-10-6-3-7-11-18;1-2-8-6-4-3-5-7-8/h2-16,18,22,27H,17,19-21H2,1H3;2-11,16,19H,12-15H2,1H3;2-7H,1H2/b26-18+;;/t22-,27+;16-,19+;/m11./s1. The van der Waals surface area contributed by atoms with Crippen LogP contribution in [0.4, 0.5) is 0 Å². The lowest BCUT2D eigenvalue weighted by atomic mass is 9.86. The summed E-state index contributed by atoms with van der Waals surface area (Å²) in [6.07, 6.45) is 9.41. The topological polar surface area (TPSA) is 57.7 Å². The highest BCUT2D eigenvalue weighted by Gasteiger charge is 2.36. The van der Waals surface area contributed by atoms with Gasteiger partial charge in [-0.2, -0.15) is 0 Å². The highest BCUT2D eigenvalue weighted by molar-refractivity contribution is 5.86. The molecule has 8 rings (SSSR count). The van der Waals surface area contributed by atoms with Gasteiger partial charge in [-0.15, -0.1) is 0 Å². The van der Waals surface area contributed by atoms with E-state index in [4.69, 9.17) is 0 Å². The van der Waals surface area contributed by atoms with E-state index in [1.165, 1.54) is 27.8 Å². The summed E-state index contributed by atoms with van der Waals surface area (Å²) in [5.41, 5.74) is 8.40. The van der Waals surface area contributed by atoms with E-state index >= 15 is 0 Å². The lowest BCUT2D eigenvalue weighted by molar-refractivity contribution is -0.141. The molecule has 6 aromatic rings. The molecule has 6 aromatic carbocycles. The van der Waals surface area contributed by atoms with Gasteiger partial charge in [0.15, 0.2) is 0 Å². The molecule has 62 heavy (non-hydrogen) atoms. The molecule has 0 unspecified atom stereocenters. The van der Waals surface area contributed by atoms with E-state index in [1.807, 2.05) is 139 Å². The fourth-order valence-electron chi connectivity index (χ4n) is 8.78. The first-order valence-electron chi connectivity index (χ1n) is 22.0. The average Bonchev–Trinajstić information content (AvgIpc) is 3.28. The largest absolute Gasteiger partial charge is 0.336 e. The zero-order valence-electron chi connectivity index (χ0n) is 36.3. The van der Waals surface area contributed by atoms with Crippen molar-refractivity contribution in [3.05, 3.63) is 228 Å². The summed E-state index contributed by atoms with van der Waals surface area (Å²) in [5, 5.41) is 0. The number of Topliss-reactive ketones (excluding diaryl/α,β-unsaturated/α-hetero) is 1. The van der Waals surface area contributed by atoms with Gasteiger partial charge in [-0.25, -0.2) is 0 Å². The predicted octanol–water partition coefficient (Wildman–Crippen LogP) is 11.7. The molecule has 2 saturated heterocycles. The lowest BCUT2D eigenvalue weighted by Gasteiger charge is -2.42. The van der Waals surface area contributed by atoms with Gasteiger partial charge < -0.3 is 9.80 Å². The van der Waals surface area contributed by atoms with Crippen LogP contribution >= 0.6 is 0 Å². The van der Waals surface area contributed by atoms with Crippen molar-refractivity contribution in [2.24, 2.45) is 0 Å². The van der Waals surface area contributed by atoms with Crippen LogP contribution in [-0.4, -0.2) is 51.6 Å². The first-order valence-corrected chi connectivity index (χ1v) is 22.0. The molecular formula is C57H60N2O3. The fraction of sp³-hybridized carbons (Fsp3) is 0.246. The van der Waals surface area contributed by atoms with Crippen LogP contribution in [0, 0.1) is 0 Å². The van der Waals surface area contributed by atoms with E-state index in [1.54, 1.807) is 0 Å². The molecule has 2 aliphatic heterocycles. The molecule has 4 atom stereocenters. The van der Waals surface area contributed by atoms with Crippen LogP contribution < -0.4 is 0 Å². The van der Waals surface area contributed by atoms with Crippen molar-refractivity contribution in [3.63, 3.8) is 0 Å². The number of hydrogen-bond donors (Lipinski definition) is 0. The Morgan fingerprint density at radius 1 is 0.484 bits per heavy atom. The van der Waals surface area contributed by atoms with Crippen LogP contribution in [-0.2, 0) is 40.1 Å². The molecule has 2 fully saturated rings. The number of carbonyl (C=O) groups is 3. The van der Waals surface area contributed by atoms with Gasteiger partial charge >= 0.3 is 0 Å². The molecule has 0 bridgehead atoms. The number of benzene rings is 6. The Balaban J connectivity index is 0.000000178. The van der Waals surface area contributed by atoms with Crippen LogP contribution in [0.25, 0.3) is 12.2 Å². The molecule has 0 spiro atoms. The van der Waals surface area contributed by atoms with Gasteiger partial charge in [-0.3, -0.25) is 14.4 Å². The molecule has 0 N–H and O–H groups in total. The number of carbonyl (C=O) groups excluding carboxylic acids is 3. The average molecular weight is 821 g/mol. The number of amides is 2. The van der Waals surface area contributed by atoms with Gasteiger partial charge in [0.2, 0.25) is 11.8 Å². The van der Waals surface area contributed by atoms with E-state index in [-0.39, 0.29) is 41.8 Å². The van der Waals surface area contributed by atoms with Crippen LogP contribution in [0.1, 0.15) is 72.9 Å². The van der Waals surface area contributed by atoms with Crippen molar-refractivity contribution in [3.8, 4) is 0 Å². The van der Waals surface area contributed by atoms with Crippen molar-refractivity contribution < 1.29 is 14.4 Å². The number of likely N-dealkylation sites (tertiary alicyclic amines) is 2. The Labute approximate surface area is 369 Å². The first kappa shape index (κ1) is 44.9. The SMILES string of the molecule is C=Cc1ccccc1.C[C@@H]1C/C(=C\c2ccccc2)C[C@H](Cc2ccccc2)N1C(=O)Cc1ccccc1.C[C@@H]1CC(=O)C[C@H](Cc2ccccc2)N1C(=O)Cc1ccccc1. The highest BCUT2D eigenvalue weighted by atomic mass is 16.2. The third-order valence-electron chi connectivity index (χ3n) is 11.6. The number of piperidine rings is 2. The Morgan fingerprint density at radius 2 is 0.839 bits per heavy atom. The van der Waals surface area contributed by atoms with Gasteiger partial charge in [0.1, 0.15) is 5.78 Å². The summed E-state index contributed by atoms with van der Waals surface area (Å²) >= 11 is 0. The molecule has 5 nitrogen and oxygen atoms in total. The van der Waals surface area contributed by atoms with Crippen molar-refractivity contribution >= 4 is 29.7 Å². The van der Waals surface area contributed by atoms with Crippen molar-refractivity contribution in [1.29, 1.82) is 0 Å². The van der Waals surface area contributed by atoms with Gasteiger partial charge in [-0.1, -0.05) is 206 Å². The van der Waals surface area contributed by atoms with Crippen LogP contribution in [0.15, 0.2) is 194 Å². The monoisotopic (exact) mass is 820 g/mol. The molecule has 0 saturated carbocycles. The molecule has 316 valence electrons. The van der Waals surface area contributed by atoms with Gasteiger partial charge in [0.05, 0.1) is 12.8 Å². The molecule has 0 aromatic heterocycles. The van der Waals surface area contributed by atoms with Gasteiger partial charge in [-0.05, 0) is 72.9 Å². The summed E-state index contributed by atoms with van der Waals surface area (Å²) in [4.78, 5) is 42.4. The maximum atomic E-state index is 13.3. The summed E-state index contributed by atoms with van der Waals surface area (Å²) in [7, 11) is 0. The van der Waals surface area contributed by atoms with Gasteiger partial charge in [0, 0.05) is 37.0 Å². The number of rotatable bonds is 10. The lowest BCUT2D eigenvalue weighted by Crippen LogP contribution is -2.52. The minimum atomic E-state index is -0.0418. The zero-order valence-corrected chi connectivity index (χ0v) is 36.3. The summed E-state index contributed by atoms with van der Waals surface area (Å²) in [6, 6.07) is 61.4. The van der Waals surface area contributed by atoms with E-state index in [2.05, 4.69) is 85.1 Å². The Bertz CT molecular complexity index is 2310. The Morgan fingerprint density at radius 3 is 1.24 bits per heavy atom. The third kappa shape index (κ3) is 13.7. The van der Waals surface area contributed by atoms with Gasteiger partial charge in [0.25, 0.3) is 0 Å². The van der Waals surface area contributed by atoms with Crippen molar-refractivity contribution in [1.82, 2.24) is 9.80 Å². The molecule has 0 aliphatic carbocycles. The quantitative estimate of drug-likeness (QED) is 0.138. The molecule has 2 amide bonds. The predicted molar refractivity (Wildman–Crippen MR) is 255 cm³/mol. The Kier molecular flexibility index (Phi) is 17.0. The van der Waals surface area contributed by atoms with E-state index in [9.17, 15) is 14.4 Å². The summed E-state index contributed by atoms with van der Waals surface area (Å²) < 4.78 is 0. The molecule has 0 radical (unpaired) electrons. The zero-order chi connectivity index (χ0) is 43.5. The summed E-state index contributed by atoms with van der Waals surface area (Å²) in [5.74, 6) is 0.600. The second-order valence-corrected chi connectivity index (χ2v) is 16.5. The first-order chi connectivity index (χ1) is 30.2. The molecular weight excluding hydrogens is 761 g/mol. The maximum absolute atomic E-state index is 13.3. The number of nitrogens with zero attached hydrogens (tertiary/aromatic N) is 2. The minimum Gasteiger partial charge on any atom is -0.336 e. The highest BCUT2D eigenvalue weighted by Crippen LogP contribution is 2.32. The fourth-order valence-corrected chi connectivity index (χ4v) is 8.78. The molecule has 5 heteroatoms. The number of ketones is 1. The van der Waals surface area contributed by atoms with E-state index < -0.39 is 0 Å². The van der Waals surface area contributed by atoms with E-state index in [0.717, 1.165) is 36.8 Å². The number of hydrogen-bond acceptors (Lipinski definition) is 3. The molecule has 2 heterocycles. The van der Waals surface area contributed by atoms with E-state index in [0.29, 0.717) is 25.7 Å². The van der Waals surface area contributed by atoms with Crippen LogP contribution in [0.2, 0.25) is 0 Å². The second-order valence-electron chi connectivity index (χ2n) is 16.5. The normalized spacial score (nSPS) is 19.0. The van der Waals surface area contributed by atoms with Crippen LogP contribution in [0.5, 0.6) is 0 Å². The molecule has 2 aliphatic rings. The smallest absolute Gasteiger partial charge is 0.227 e. The third-order valence-corrected chi connectivity index (χ3v) is 11.6. The minimum absolute atomic E-state index is 0.0313. The van der Waals surface area contributed by atoms with Crippen molar-refractivity contribution in [2.75, 3.05) is 0 Å². The van der Waals surface area contributed by atoms with Crippen LogP contribution in [0.3, 0.4) is 0 Å². The summed E-state index contributed by atoms with van der Waals surface area (Å²) in [6.45, 7) is 7.81. The van der Waals surface area contributed by atoms with Crippen molar-refractivity contribution in [2.45, 2.75) is 89.4 Å². The second kappa shape index (κ2) is 23.4. The maximum Gasteiger partial charge on any atom is 0.227 e.